The van der Waals surface area contributed by atoms with Gasteiger partial charge in [0.2, 0.25) is 0 Å². The number of amides is 1. The first kappa shape index (κ1) is 15.4. The topological polar surface area (TPSA) is 67.8 Å². The van der Waals surface area contributed by atoms with Crippen molar-refractivity contribution in [3.63, 3.8) is 0 Å². The van der Waals surface area contributed by atoms with Crippen molar-refractivity contribution in [3.05, 3.63) is 29.6 Å². The third-order valence-corrected chi connectivity index (χ3v) is 2.42. The van der Waals surface area contributed by atoms with E-state index < -0.39 is 11.9 Å². The van der Waals surface area contributed by atoms with Crippen LogP contribution in [0.4, 0.5) is 4.39 Å². The molecule has 0 aliphatic heterocycles. The van der Waals surface area contributed by atoms with Gasteiger partial charge in [-0.3, -0.25) is 4.79 Å². The quantitative estimate of drug-likeness (QED) is 0.727. The van der Waals surface area contributed by atoms with Gasteiger partial charge in [0.25, 0.3) is 5.91 Å². The van der Waals surface area contributed by atoms with Gasteiger partial charge in [0.1, 0.15) is 11.6 Å². The Labute approximate surface area is 111 Å². The number of rotatable bonds is 7. The number of aliphatic hydroxyl groups is 1. The maximum absolute atomic E-state index is 13.5. The highest BCUT2D eigenvalue weighted by molar-refractivity contribution is 5.77. The average molecular weight is 271 g/mol. The van der Waals surface area contributed by atoms with E-state index in [-0.39, 0.29) is 23.8 Å². The number of ether oxygens (including phenoxy) is 2. The molecule has 0 unspecified atom stereocenters. The first-order valence-electron chi connectivity index (χ1n) is 5.90. The van der Waals surface area contributed by atoms with Gasteiger partial charge in [-0.2, -0.15) is 0 Å². The summed E-state index contributed by atoms with van der Waals surface area (Å²) in [5.74, 6) is -0.631. The molecule has 0 saturated heterocycles. The summed E-state index contributed by atoms with van der Waals surface area (Å²) >= 11 is 0. The molecule has 1 aromatic carbocycles. The zero-order valence-electron chi connectivity index (χ0n) is 11.0. The van der Waals surface area contributed by atoms with Crippen LogP contribution in [0.25, 0.3) is 0 Å². The van der Waals surface area contributed by atoms with Gasteiger partial charge in [-0.05, 0) is 19.1 Å². The summed E-state index contributed by atoms with van der Waals surface area (Å²) in [6, 6.07) is 4.08. The smallest absolute Gasteiger partial charge is 0.258 e. The molecule has 5 nitrogen and oxygen atoms in total. The van der Waals surface area contributed by atoms with Gasteiger partial charge in [-0.25, -0.2) is 4.39 Å². The summed E-state index contributed by atoms with van der Waals surface area (Å²) in [5, 5.41) is 11.9. The third-order valence-electron chi connectivity index (χ3n) is 2.42. The maximum Gasteiger partial charge on any atom is 0.258 e. The molecule has 0 bridgehead atoms. The van der Waals surface area contributed by atoms with Crippen molar-refractivity contribution >= 4 is 5.91 Å². The van der Waals surface area contributed by atoms with Gasteiger partial charge >= 0.3 is 0 Å². The second-order valence-corrected chi connectivity index (χ2v) is 3.99. The molecule has 1 rings (SSSR count). The van der Waals surface area contributed by atoms with Crippen molar-refractivity contribution in [2.75, 3.05) is 26.9 Å². The van der Waals surface area contributed by atoms with Gasteiger partial charge in [0, 0.05) is 25.3 Å². The number of methoxy groups -OCH3 is 1. The standard InChI is InChI=1S/C13H18FNO4/c1-9(16)11-4-3-10(7-12(11)14)19-8-13(17)15-5-6-18-2/h3-4,7,9,16H,5-6,8H2,1-2H3,(H,15,17)/t9-/m0/s1. The summed E-state index contributed by atoms with van der Waals surface area (Å²) in [5.41, 5.74) is 0.192. The Balaban J connectivity index is 2.45. The van der Waals surface area contributed by atoms with E-state index in [0.717, 1.165) is 6.07 Å². The van der Waals surface area contributed by atoms with Crippen LogP contribution in [0.1, 0.15) is 18.6 Å². The Hall–Kier alpha value is -1.66. The van der Waals surface area contributed by atoms with Gasteiger partial charge in [-0.1, -0.05) is 0 Å². The molecule has 0 heterocycles. The van der Waals surface area contributed by atoms with Crippen molar-refractivity contribution < 1.29 is 23.8 Å². The first-order chi connectivity index (χ1) is 9.04. The third kappa shape index (κ3) is 5.23. The van der Waals surface area contributed by atoms with Gasteiger partial charge in [0.15, 0.2) is 6.61 Å². The van der Waals surface area contributed by atoms with E-state index in [9.17, 15) is 14.3 Å². The van der Waals surface area contributed by atoms with Crippen LogP contribution in [-0.2, 0) is 9.53 Å². The van der Waals surface area contributed by atoms with Crippen molar-refractivity contribution in [2.24, 2.45) is 0 Å². The Kier molecular flexibility index (Phi) is 6.24. The molecule has 0 aliphatic rings. The molecule has 0 radical (unpaired) electrons. The molecule has 0 aromatic heterocycles. The van der Waals surface area contributed by atoms with E-state index in [1.807, 2.05) is 0 Å². The first-order valence-corrected chi connectivity index (χ1v) is 5.90. The molecule has 0 saturated carbocycles. The molecule has 106 valence electrons. The number of halogens is 1. The van der Waals surface area contributed by atoms with Crippen molar-refractivity contribution in [2.45, 2.75) is 13.0 Å². The number of nitrogens with one attached hydrogen (secondary N) is 1. The van der Waals surface area contributed by atoms with Crippen LogP contribution >= 0.6 is 0 Å². The molecule has 0 spiro atoms. The molecular formula is C13H18FNO4. The monoisotopic (exact) mass is 271 g/mol. The largest absolute Gasteiger partial charge is 0.484 e. The lowest BCUT2D eigenvalue weighted by Crippen LogP contribution is -2.31. The predicted molar refractivity (Wildman–Crippen MR) is 67.4 cm³/mol. The lowest BCUT2D eigenvalue weighted by atomic mass is 10.1. The molecule has 6 heteroatoms. The zero-order valence-corrected chi connectivity index (χ0v) is 11.0. The van der Waals surface area contributed by atoms with Crippen LogP contribution in [-0.4, -0.2) is 37.9 Å². The molecule has 1 atom stereocenters. The molecule has 1 amide bonds. The van der Waals surface area contributed by atoms with Crippen molar-refractivity contribution in [1.82, 2.24) is 5.32 Å². The number of aliphatic hydroxyl groups excluding tert-OH is 1. The summed E-state index contributed by atoms with van der Waals surface area (Å²) < 4.78 is 23.4. The lowest BCUT2D eigenvalue weighted by molar-refractivity contribution is -0.123. The molecule has 2 N–H and O–H groups in total. The Bertz CT molecular complexity index is 423. The molecular weight excluding hydrogens is 253 g/mol. The van der Waals surface area contributed by atoms with E-state index in [2.05, 4.69) is 5.32 Å². The number of carbonyl (C=O) groups is 1. The van der Waals surface area contributed by atoms with Crippen LogP contribution < -0.4 is 10.1 Å². The van der Waals surface area contributed by atoms with E-state index in [1.165, 1.54) is 26.2 Å². The molecule has 1 aromatic rings. The molecule has 19 heavy (non-hydrogen) atoms. The minimum atomic E-state index is -0.883. The maximum atomic E-state index is 13.5. The zero-order chi connectivity index (χ0) is 14.3. The lowest BCUT2D eigenvalue weighted by Gasteiger charge is -2.10. The van der Waals surface area contributed by atoms with Crippen molar-refractivity contribution in [1.29, 1.82) is 0 Å². The van der Waals surface area contributed by atoms with Gasteiger partial charge in [0.05, 0.1) is 12.7 Å². The highest BCUT2D eigenvalue weighted by Crippen LogP contribution is 2.21. The minimum Gasteiger partial charge on any atom is -0.484 e. The second-order valence-electron chi connectivity index (χ2n) is 3.99. The fourth-order valence-corrected chi connectivity index (χ4v) is 1.43. The van der Waals surface area contributed by atoms with Crippen LogP contribution in [0.5, 0.6) is 5.75 Å². The Morgan fingerprint density at radius 2 is 2.26 bits per heavy atom. The Morgan fingerprint density at radius 1 is 1.53 bits per heavy atom. The van der Waals surface area contributed by atoms with E-state index in [1.54, 1.807) is 0 Å². The molecule has 0 fully saturated rings. The van der Waals surface area contributed by atoms with Crippen LogP contribution in [0.3, 0.4) is 0 Å². The second kappa shape index (κ2) is 7.70. The highest BCUT2D eigenvalue weighted by atomic mass is 19.1. The van der Waals surface area contributed by atoms with E-state index >= 15 is 0 Å². The summed E-state index contributed by atoms with van der Waals surface area (Å²) in [4.78, 5) is 11.3. The minimum absolute atomic E-state index is 0.192. The fourth-order valence-electron chi connectivity index (χ4n) is 1.43. The fraction of sp³-hybridized carbons (Fsp3) is 0.462. The number of hydrogen-bond donors (Lipinski definition) is 2. The summed E-state index contributed by atoms with van der Waals surface area (Å²) in [6.07, 6.45) is -0.883. The van der Waals surface area contributed by atoms with Crippen LogP contribution in [0.2, 0.25) is 0 Å². The number of benzene rings is 1. The van der Waals surface area contributed by atoms with E-state index in [0.29, 0.717) is 13.2 Å². The van der Waals surface area contributed by atoms with Crippen LogP contribution in [0.15, 0.2) is 18.2 Å². The highest BCUT2D eigenvalue weighted by Gasteiger charge is 2.09. The predicted octanol–water partition coefficient (Wildman–Crippen LogP) is 1.02. The van der Waals surface area contributed by atoms with Crippen molar-refractivity contribution in [3.8, 4) is 5.75 Å². The van der Waals surface area contributed by atoms with Gasteiger partial charge in [-0.15, -0.1) is 0 Å². The summed E-state index contributed by atoms with van der Waals surface area (Å²) in [7, 11) is 1.54. The Morgan fingerprint density at radius 3 is 2.84 bits per heavy atom. The normalized spacial score (nSPS) is 12.0. The number of hydrogen-bond acceptors (Lipinski definition) is 4. The SMILES string of the molecule is COCCNC(=O)COc1ccc([C@H](C)O)c(F)c1. The van der Waals surface area contributed by atoms with Crippen LogP contribution in [0, 0.1) is 5.82 Å². The van der Waals surface area contributed by atoms with E-state index in [4.69, 9.17) is 9.47 Å². The number of carbonyl (C=O) groups excluding carboxylic acids is 1. The molecule has 0 aliphatic carbocycles. The van der Waals surface area contributed by atoms with Gasteiger partial charge < -0.3 is 19.9 Å². The average Bonchev–Trinajstić information content (AvgIpc) is 2.36. The summed E-state index contributed by atoms with van der Waals surface area (Å²) in [6.45, 7) is 2.09.